The number of hydrogen-bond donors (Lipinski definition) is 1. The molecule has 7 nitrogen and oxygen atoms in total. The molecule has 2 heterocycles. The SMILES string of the molecule is CCOC(=O)[C@H]1CN(CCn2c(=O)[nH]c3ccccc3c2=O)CC[C@H]1C1C=CC(Cl)=C(Cl)C1. The number of nitrogens with zero attached hydrogens (tertiary/aromatic N) is 2. The first-order chi connectivity index (χ1) is 15.9. The zero-order valence-corrected chi connectivity index (χ0v) is 19.9. The molecule has 4 rings (SSSR count). The average Bonchev–Trinajstić information content (AvgIpc) is 2.81. The zero-order chi connectivity index (χ0) is 23.5. The highest BCUT2D eigenvalue weighted by atomic mass is 35.5. The van der Waals surface area contributed by atoms with Gasteiger partial charge in [0.15, 0.2) is 0 Å². The number of fused-ring (bicyclic) bond motifs is 1. The normalized spacial score (nSPS) is 23.8. The second-order valence-corrected chi connectivity index (χ2v) is 9.39. The molecule has 1 N–H and O–H groups in total. The fraction of sp³-hybridized carbons (Fsp3) is 0.458. The van der Waals surface area contributed by atoms with Gasteiger partial charge in [-0.15, -0.1) is 0 Å². The predicted molar refractivity (Wildman–Crippen MR) is 129 cm³/mol. The molecule has 1 unspecified atom stereocenters. The highest BCUT2D eigenvalue weighted by Gasteiger charge is 2.39. The molecule has 1 saturated heterocycles. The number of aromatic nitrogens is 2. The van der Waals surface area contributed by atoms with Crippen molar-refractivity contribution in [2.75, 3.05) is 26.2 Å². The van der Waals surface area contributed by atoms with E-state index < -0.39 is 5.69 Å². The number of ether oxygens (including phenoxy) is 1. The van der Waals surface area contributed by atoms with E-state index in [1.165, 1.54) is 4.57 Å². The van der Waals surface area contributed by atoms with Gasteiger partial charge in [-0.3, -0.25) is 14.2 Å². The van der Waals surface area contributed by atoms with Crippen LogP contribution in [0, 0.1) is 17.8 Å². The molecular formula is C24H27Cl2N3O4. The summed E-state index contributed by atoms with van der Waals surface area (Å²) >= 11 is 12.4. The van der Waals surface area contributed by atoms with E-state index in [9.17, 15) is 14.4 Å². The van der Waals surface area contributed by atoms with E-state index in [0.717, 1.165) is 13.0 Å². The summed E-state index contributed by atoms with van der Waals surface area (Å²) in [5.74, 6) is -0.344. The Morgan fingerprint density at radius 3 is 2.76 bits per heavy atom. The molecule has 176 valence electrons. The largest absolute Gasteiger partial charge is 0.466 e. The van der Waals surface area contributed by atoms with Crippen molar-refractivity contribution in [2.24, 2.45) is 17.8 Å². The van der Waals surface area contributed by atoms with Crippen molar-refractivity contribution in [1.82, 2.24) is 14.5 Å². The number of carbonyl (C=O) groups excluding carboxylic acids is 1. The van der Waals surface area contributed by atoms with E-state index in [4.69, 9.17) is 27.9 Å². The van der Waals surface area contributed by atoms with E-state index in [2.05, 4.69) is 9.88 Å². The predicted octanol–water partition coefficient (Wildman–Crippen LogP) is 3.46. The Balaban J connectivity index is 1.49. The maximum atomic E-state index is 12.8. The number of aromatic amines is 1. The van der Waals surface area contributed by atoms with Gasteiger partial charge >= 0.3 is 11.7 Å². The summed E-state index contributed by atoms with van der Waals surface area (Å²) in [6, 6.07) is 6.97. The quantitative estimate of drug-likeness (QED) is 0.625. The van der Waals surface area contributed by atoms with Crippen LogP contribution in [-0.4, -0.2) is 46.7 Å². The van der Waals surface area contributed by atoms with Crippen molar-refractivity contribution in [1.29, 1.82) is 0 Å². The molecule has 2 aromatic rings. The molecular weight excluding hydrogens is 465 g/mol. The molecule has 3 atom stereocenters. The lowest BCUT2D eigenvalue weighted by molar-refractivity contribution is -0.153. The van der Waals surface area contributed by atoms with Crippen LogP contribution in [0.4, 0.5) is 0 Å². The van der Waals surface area contributed by atoms with Crippen molar-refractivity contribution < 1.29 is 9.53 Å². The van der Waals surface area contributed by atoms with Crippen molar-refractivity contribution in [3.63, 3.8) is 0 Å². The van der Waals surface area contributed by atoms with Crippen molar-refractivity contribution >= 4 is 40.1 Å². The van der Waals surface area contributed by atoms with Crippen molar-refractivity contribution in [3.8, 4) is 0 Å². The van der Waals surface area contributed by atoms with Crippen LogP contribution < -0.4 is 11.2 Å². The fourth-order valence-corrected chi connectivity index (χ4v) is 5.25. The minimum atomic E-state index is -0.429. The van der Waals surface area contributed by atoms with Crippen molar-refractivity contribution in [3.05, 3.63) is 67.3 Å². The highest BCUT2D eigenvalue weighted by molar-refractivity contribution is 6.40. The summed E-state index contributed by atoms with van der Waals surface area (Å²) in [5, 5.41) is 1.64. The molecule has 1 aromatic heterocycles. The number of halogens is 2. The third kappa shape index (κ3) is 5.10. The van der Waals surface area contributed by atoms with E-state index in [0.29, 0.717) is 47.1 Å². The topological polar surface area (TPSA) is 84.4 Å². The van der Waals surface area contributed by atoms with Gasteiger partial charge < -0.3 is 14.6 Å². The Morgan fingerprint density at radius 2 is 2.00 bits per heavy atom. The third-order valence-electron chi connectivity index (χ3n) is 6.58. The Labute approximate surface area is 201 Å². The van der Waals surface area contributed by atoms with Gasteiger partial charge in [0.2, 0.25) is 0 Å². The lowest BCUT2D eigenvalue weighted by Gasteiger charge is -2.40. The summed E-state index contributed by atoms with van der Waals surface area (Å²) in [7, 11) is 0. The molecule has 0 saturated carbocycles. The second-order valence-electron chi connectivity index (χ2n) is 8.52. The van der Waals surface area contributed by atoms with E-state index in [1.54, 1.807) is 31.2 Å². The van der Waals surface area contributed by atoms with Crippen LogP contribution in [0.5, 0.6) is 0 Å². The first kappa shape index (κ1) is 23.8. The lowest BCUT2D eigenvalue weighted by Crippen LogP contribution is -2.48. The molecule has 0 spiro atoms. The third-order valence-corrected chi connectivity index (χ3v) is 7.39. The van der Waals surface area contributed by atoms with E-state index >= 15 is 0 Å². The fourth-order valence-electron chi connectivity index (χ4n) is 4.86. The lowest BCUT2D eigenvalue weighted by atomic mass is 9.74. The Bertz CT molecular complexity index is 1220. The summed E-state index contributed by atoms with van der Waals surface area (Å²) < 4.78 is 6.60. The van der Waals surface area contributed by atoms with Gasteiger partial charge in [0.25, 0.3) is 5.56 Å². The standard InChI is InChI=1S/C24H27Cl2N3O4/c1-2-33-23(31)18-14-28(10-9-16(18)15-7-8-19(25)20(26)13-15)11-12-29-22(30)17-5-3-4-6-21(17)27-24(29)32/h3-8,15-16,18H,2,9-14H2,1H3,(H,27,32)/t15?,16-,18-/m0/s1. The number of nitrogens with one attached hydrogen (secondary N) is 1. The number of rotatable bonds is 6. The molecule has 33 heavy (non-hydrogen) atoms. The molecule has 0 bridgehead atoms. The number of hydrogen-bond acceptors (Lipinski definition) is 5. The van der Waals surface area contributed by atoms with Gasteiger partial charge in [-0.25, -0.2) is 4.79 Å². The maximum absolute atomic E-state index is 12.8. The van der Waals surface area contributed by atoms with Crippen LogP contribution >= 0.6 is 23.2 Å². The van der Waals surface area contributed by atoms with Crippen molar-refractivity contribution in [2.45, 2.75) is 26.3 Å². The number of esters is 1. The molecule has 2 aliphatic rings. The van der Waals surface area contributed by atoms with E-state index in [1.807, 2.05) is 12.2 Å². The van der Waals surface area contributed by atoms with Gasteiger partial charge in [-0.2, -0.15) is 0 Å². The molecule has 0 amide bonds. The van der Waals surface area contributed by atoms with Gasteiger partial charge in [0.1, 0.15) is 0 Å². The monoisotopic (exact) mass is 491 g/mol. The molecule has 1 aliphatic carbocycles. The first-order valence-electron chi connectivity index (χ1n) is 11.2. The summed E-state index contributed by atoms with van der Waals surface area (Å²) in [6.07, 6.45) is 5.24. The number of piperidine rings is 1. The number of H-pyrrole nitrogens is 1. The van der Waals surface area contributed by atoms with Crippen LogP contribution in [0.2, 0.25) is 0 Å². The highest BCUT2D eigenvalue weighted by Crippen LogP contribution is 2.39. The molecule has 1 aliphatic heterocycles. The van der Waals surface area contributed by atoms with Crippen LogP contribution in [0.25, 0.3) is 10.9 Å². The Morgan fingerprint density at radius 1 is 1.21 bits per heavy atom. The zero-order valence-electron chi connectivity index (χ0n) is 18.4. The number of carbonyl (C=O) groups is 1. The second kappa shape index (κ2) is 10.3. The Hall–Kier alpha value is -2.35. The molecule has 9 heteroatoms. The summed E-state index contributed by atoms with van der Waals surface area (Å²) in [6.45, 7) is 4.09. The van der Waals surface area contributed by atoms with Gasteiger partial charge in [-0.05, 0) is 56.4 Å². The number of allylic oxidation sites excluding steroid dienone is 4. The van der Waals surface area contributed by atoms with Gasteiger partial charge in [-0.1, -0.05) is 41.4 Å². The molecule has 0 radical (unpaired) electrons. The average molecular weight is 492 g/mol. The van der Waals surface area contributed by atoms with Crippen LogP contribution in [-0.2, 0) is 16.1 Å². The first-order valence-corrected chi connectivity index (χ1v) is 12.0. The molecule has 1 fully saturated rings. The summed E-state index contributed by atoms with van der Waals surface area (Å²) in [5.41, 5.74) is -0.210. The van der Waals surface area contributed by atoms with Gasteiger partial charge in [0.05, 0.1) is 28.5 Å². The summed E-state index contributed by atoms with van der Waals surface area (Å²) in [4.78, 5) is 43.0. The number of benzene rings is 1. The maximum Gasteiger partial charge on any atom is 0.328 e. The Kier molecular flexibility index (Phi) is 7.41. The minimum Gasteiger partial charge on any atom is -0.466 e. The molecule has 1 aromatic carbocycles. The minimum absolute atomic E-state index is 0.0851. The van der Waals surface area contributed by atoms with Crippen LogP contribution in [0.15, 0.2) is 56.1 Å². The van der Waals surface area contributed by atoms with Crippen LogP contribution in [0.1, 0.15) is 19.8 Å². The van der Waals surface area contributed by atoms with Crippen LogP contribution in [0.3, 0.4) is 0 Å². The number of para-hydroxylation sites is 1. The number of likely N-dealkylation sites (tertiary alicyclic amines) is 1. The smallest absolute Gasteiger partial charge is 0.328 e. The van der Waals surface area contributed by atoms with Gasteiger partial charge in [0, 0.05) is 24.7 Å². The van der Waals surface area contributed by atoms with E-state index in [-0.39, 0.29) is 35.8 Å².